The first-order chi connectivity index (χ1) is 13.0. The number of aromatic amines is 1. The Hall–Kier alpha value is -2.44. The third kappa shape index (κ3) is 3.82. The summed E-state index contributed by atoms with van der Waals surface area (Å²) in [7, 11) is 0. The summed E-state index contributed by atoms with van der Waals surface area (Å²) < 4.78 is 5.02. The minimum Gasteiger partial charge on any atom is -0.408 e. The van der Waals surface area contributed by atoms with E-state index in [9.17, 15) is 9.59 Å². The normalized spacial score (nSPS) is 17.3. The SMILES string of the molecule is O=C(NC1CCCN(c2ccc(Cl)cc2Cl)C1)c1ccc2[nH]c(=O)oc2c1. The van der Waals surface area contributed by atoms with Crippen molar-refractivity contribution >= 4 is 45.9 Å². The molecule has 0 saturated carbocycles. The average Bonchev–Trinajstić information content (AvgIpc) is 3.01. The highest BCUT2D eigenvalue weighted by atomic mass is 35.5. The maximum absolute atomic E-state index is 12.6. The number of nitrogens with zero attached hydrogens (tertiary/aromatic N) is 1. The molecule has 1 fully saturated rings. The highest BCUT2D eigenvalue weighted by Crippen LogP contribution is 2.30. The van der Waals surface area contributed by atoms with Crippen LogP contribution in [0.5, 0.6) is 0 Å². The van der Waals surface area contributed by atoms with Gasteiger partial charge in [0.2, 0.25) is 0 Å². The largest absolute Gasteiger partial charge is 0.417 e. The van der Waals surface area contributed by atoms with Crippen LogP contribution in [0.1, 0.15) is 23.2 Å². The van der Waals surface area contributed by atoms with Gasteiger partial charge in [0.05, 0.1) is 16.2 Å². The number of nitrogens with one attached hydrogen (secondary N) is 2. The monoisotopic (exact) mass is 405 g/mol. The predicted molar refractivity (Wildman–Crippen MR) is 106 cm³/mol. The molecule has 27 heavy (non-hydrogen) atoms. The zero-order valence-corrected chi connectivity index (χ0v) is 15.8. The second-order valence-corrected chi connectivity index (χ2v) is 7.42. The Kier molecular flexibility index (Phi) is 4.85. The average molecular weight is 406 g/mol. The van der Waals surface area contributed by atoms with E-state index in [0.29, 0.717) is 33.3 Å². The molecule has 1 aromatic heterocycles. The number of carbonyl (C=O) groups is 1. The van der Waals surface area contributed by atoms with Gasteiger partial charge in [-0.3, -0.25) is 9.78 Å². The molecular weight excluding hydrogens is 389 g/mol. The maximum atomic E-state index is 12.6. The number of carbonyl (C=O) groups excluding carboxylic acids is 1. The molecule has 8 heteroatoms. The minimum atomic E-state index is -0.537. The fraction of sp³-hybridized carbons (Fsp3) is 0.263. The van der Waals surface area contributed by atoms with E-state index in [1.165, 1.54) is 0 Å². The first-order valence-electron chi connectivity index (χ1n) is 8.63. The minimum absolute atomic E-state index is 0.00748. The molecule has 1 amide bonds. The first-order valence-corrected chi connectivity index (χ1v) is 9.39. The quantitative estimate of drug-likeness (QED) is 0.693. The van der Waals surface area contributed by atoms with E-state index < -0.39 is 5.76 Å². The third-order valence-corrected chi connectivity index (χ3v) is 5.23. The molecule has 1 unspecified atom stereocenters. The van der Waals surface area contributed by atoms with Crippen molar-refractivity contribution in [3.63, 3.8) is 0 Å². The number of piperidine rings is 1. The molecule has 2 aromatic carbocycles. The van der Waals surface area contributed by atoms with Crippen LogP contribution in [0.15, 0.2) is 45.6 Å². The summed E-state index contributed by atoms with van der Waals surface area (Å²) in [4.78, 5) is 28.6. The molecule has 0 aliphatic carbocycles. The molecule has 2 N–H and O–H groups in total. The van der Waals surface area contributed by atoms with Gasteiger partial charge in [-0.15, -0.1) is 0 Å². The number of H-pyrrole nitrogens is 1. The van der Waals surface area contributed by atoms with Gasteiger partial charge in [-0.2, -0.15) is 0 Å². The van der Waals surface area contributed by atoms with Gasteiger partial charge >= 0.3 is 5.76 Å². The highest BCUT2D eigenvalue weighted by Gasteiger charge is 2.23. The molecule has 4 rings (SSSR count). The molecule has 140 valence electrons. The number of benzene rings is 2. The van der Waals surface area contributed by atoms with Crippen LogP contribution in [0.3, 0.4) is 0 Å². The Labute approximate surface area is 165 Å². The van der Waals surface area contributed by atoms with Gasteiger partial charge in [0, 0.05) is 29.7 Å². The van der Waals surface area contributed by atoms with Crippen LogP contribution in [0.4, 0.5) is 5.69 Å². The smallest absolute Gasteiger partial charge is 0.408 e. The predicted octanol–water partition coefficient (Wildman–Crippen LogP) is 3.83. The molecule has 2 heterocycles. The van der Waals surface area contributed by atoms with Crippen LogP contribution < -0.4 is 16.0 Å². The number of halogens is 2. The number of fused-ring (bicyclic) bond motifs is 1. The lowest BCUT2D eigenvalue weighted by Crippen LogP contribution is -2.47. The standard InChI is InChI=1S/C19H17Cl2N3O3/c20-12-4-6-16(14(21)9-12)24-7-1-2-13(10-24)22-18(25)11-3-5-15-17(8-11)27-19(26)23-15/h3-6,8-9,13H,1-2,7,10H2,(H,22,25)(H,23,26). The van der Waals surface area contributed by atoms with E-state index in [1.807, 2.05) is 12.1 Å². The van der Waals surface area contributed by atoms with E-state index in [4.69, 9.17) is 27.6 Å². The van der Waals surface area contributed by atoms with Crippen LogP contribution in [-0.2, 0) is 0 Å². The molecule has 6 nitrogen and oxygen atoms in total. The lowest BCUT2D eigenvalue weighted by Gasteiger charge is -2.35. The summed E-state index contributed by atoms with van der Waals surface area (Å²) in [5, 5.41) is 4.25. The Balaban J connectivity index is 1.47. The van der Waals surface area contributed by atoms with Crippen molar-refractivity contribution in [1.29, 1.82) is 0 Å². The lowest BCUT2D eigenvalue weighted by molar-refractivity contribution is 0.0933. The molecule has 1 aliphatic rings. The number of anilines is 1. The number of hydrogen-bond acceptors (Lipinski definition) is 4. The van der Waals surface area contributed by atoms with Crippen LogP contribution in [-0.4, -0.2) is 30.0 Å². The summed E-state index contributed by atoms with van der Waals surface area (Å²) in [5.74, 6) is -0.736. The molecule has 1 atom stereocenters. The highest BCUT2D eigenvalue weighted by molar-refractivity contribution is 6.36. The zero-order chi connectivity index (χ0) is 19.0. The van der Waals surface area contributed by atoms with Gasteiger partial charge in [-0.25, -0.2) is 4.79 Å². The van der Waals surface area contributed by atoms with Crippen LogP contribution in [0.2, 0.25) is 10.0 Å². The fourth-order valence-corrected chi connectivity index (χ4v) is 3.93. The van der Waals surface area contributed by atoms with E-state index in [1.54, 1.807) is 24.3 Å². The van der Waals surface area contributed by atoms with Crippen molar-refractivity contribution in [3.8, 4) is 0 Å². The fourth-order valence-electron chi connectivity index (χ4n) is 3.41. The van der Waals surface area contributed by atoms with Gasteiger partial charge in [0.25, 0.3) is 5.91 Å². The Morgan fingerprint density at radius 2 is 2.07 bits per heavy atom. The first kappa shape index (κ1) is 17.9. The van der Waals surface area contributed by atoms with Crippen molar-refractivity contribution in [2.75, 3.05) is 18.0 Å². The molecule has 1 aliphatic heterocycles. The van der Waals surface area contributed by atoms with Gasteiger partial charge in [0.15, 0.2) is 5.58 Å². The summed E-state index contributed by atoms with van der Waals surface area (Å²) in [6.07, 6.45) is 1.82. The molecule has 3 aromatic rings. The van der Waals surface area contributed by atoms with Crippen molar-refractivity contribution in [3.05, 3.63) is 62.6 Å². The van der Waals surface area contributed by atoms with E-state index in [2.05, 4.69) is 15.2 Å². The van der Waals surface area contributed by atoms with Crippen molar-refractivity contribution in [2.45, 2.75) is 18.9 Å². The van der Waals surface area contributed by atoms with E-state index in [0.717, 1.165) is 25.1 Å². The van der Waals surface area contributed by atoms with Crippen molar-refractivity contribution in [2.24, 2.45) is 0 Å². The molecule has 0 spiro atoms. The van der Waals surface area contributed by atoms with Crippen LogP contribution in [0, 0.1) is 0 Å². The van der Waals surface area contributed by atoms with E-state index in [-0.39, 0.29) is 11.9 Å². The summed E-state index contributed by atoms with van der Waals surface area (Å²) in [6.45, 7) is 1.53. The van der Waals surface area contributed by atoms with Crippen LogP contribution >= 0.6 is 23.2 Å². The second kappa shape index (κ2) is 7.29. The Bertz CT molecular complexity index is 1060. The van der Waals surface area contributed by atoms with Gasteiger partial charge < -0.3 is 14.6 Å². The lowest BCUT2D eigenvalue weighted by atomic mass is 10.0. The summed E-state index contributed by atoms with van der Waals surface area (Å²) in [5.41, 5.74) is 2.30. The Morgan fingerprint density at radius 1 is 1.22 bits per heavy atom. The molecule has 0 radical (unpaired) electrons. The third-order valence-electron chi connectivity index (χ3n) is 4.69. The number of oxazole rings is 1. The zero-order valence-electron chi connectivity index (χ0n) is 14.3. The molecule has 1 saturated heterocycles. The number of hydrogen-bond donors (Lipinski definition) is 2. The second-order valence-electron chi connectivity index (χ2n) is 6.58. The number of aromatic nitrogens is 1. The van der Waals surface area contributed by atoms with Crippen LogP contribution in [0.25, 0.3) is 11.1 Å². The Morgan fingerprint density at radius 3 is 2.89 bits per heavy atom. The molecular formula is C19H17Cl2N3O3. The molecule has 0 bridgehead atoms. The van der Waals surface area contributed by atoms with Gasteiger partial charge in [-0.1, -0.05) is 23.2 Å². The summed E-state index contributed by atoms with van der Waals surface area (Å²) >= 11 is 12.3. The topological polar surface area (TPSA) is 78.3 Å². The van der Waals surface area contributed by atoms with Gasteiger partial charge in [-0.05, 0) is 49.2 Å². The van der Waals surface area contributed by atoms with Gasteiger partial charge in [0.1, 0.15) is 0 Å². The van der Waals surface area contributed by atoms with Crippen molar-refractivity contribution < 1.29 is 9.21 Å². The number of amides is 1. The summed E-state index contributed by atoms with van der Waals surface area (Å²) in [6, 6.07) is 10.3. The number of rotatable bonds is 3. The maximum Gasteiger partial charge on any atom is 0.417 e. The van der Waals surface area contributed by atoms with Crippen molar-refractivity contribution in [1.82, 2.24) is 10.3 Å². The van der Waals surface area contributed by atoms with E-state index >= 15 is 0 Å².